The van der Waals surface area contributed by atoms with Crippen molar-refractivity contribution < 1.29 is 18.0 Å². The van der Waals surface area contributed by atoms with Crippen molar-refractivity contribution in [3.63, 3.8) is 0 Å². The molecule has 0 aliphatic carbocycles. The minimum Gasteiger partial charge on any atom is -0.334 e. The van der Waals surface area contributed by atoms with Crippen LogP contribution in [0.3, 0.4) is 0 Å². The highest BCUT2D eigenvalue weighted by atomic mass is 32.2. The molecule has 0 unspecified atom stereocenters. The standard InChI is InChI=1S/C14H22N4O4S2/c1-3-9(2)11(12(19)18-14-15-5-6-23-14)17-13(20)16-10-4-7-24(21,22)8-10/h5-6,9-11H,3-4,7-8H2,1-2H3,(H,15,18,19)(H2,16,17,20)/t9-,10-,11+/m1/s1. The predicted molar refractivity (Wildman–Crippen MR) is 92.7 cm³/mol. The molecule has 2 rings (SSSR count). The van der Waals surface area contributed by atoms with Gasteiger partial charge in [-0.15, -0.1) is 11.3 Å². The highest BCUT2D eigenvalue weighted by Crippen LogP contribution is 2.15. The maximum Gasteiger partial charge on any atom is 0.315 e. The minimum atomic E-state index is -3.07. The molecule has 2 heterocycles. The van der Waals surface area contributed by atoms with Gasteiger partial charge in [0.15, 0.2) is 15.0 Å². The molecule has 3 amide bonds. The third-order valence-corrected chi connectivity index (χ3v) is 6.47. The van der Waals surface area contributed by atoms with Gasteiger partial charge in [-0.2, -0.15) is 0 Å². The van der Waals surface area contributed by atoms with E-state index < -0.39 is 28.0 Å². The van der Waals surface area contributed by atoms with E-state index >= 15 is 0 Å². The van der Waals surface area contributed by atoms with Crippen molar-refractivity contribution in [2.45, 2.75) is 38.8 Å². The Morgan fingerprint density at radius 3 is 2.75 bits per heavy atom. The Kier molecular flexibility index (Phi) is 6.16. The molecule has 3 N–H and O–H groups in total. The average Bonchev–Trinajstić information content (AvgIpc) is 3.13. The van der Waals surface area contributed by atoms with Crippen LogP contribution in [0.4, 0.5) is 9.93 Å². The van der Waals surface area contributed by atoms with Gasteiger partial charge in [0.2, 0.25) is 5.91 Å². The van der Waals surface area contributed by atoms with Crippen molar-refractivity contribution in [1.82, 2.24) is 15.6 Å². The number of amides is 3. The molecule has 10 heteroatoms. The summed E-state index contributed by atoms with van der Waals surface area (Å²) in [5.41, 5.74) is 0. The normalized spacial score (nSPS) is 21.7. The van der Waals surface area contributed by atoms with Gasteiger partial charge in [-0.1, -0.05) is 20.3 Å². The maximum absolute atomic E-state index is 12.4. The molecule has 0 spiro atoms. The molecule has 0 radical (unpaired) electrons. The van der Waals surface area contributed by atoms with Crippen molar-refractivity contribution >= 4 is 38.2 Å². The third-order valence-electron chi connectivity index (χ3n) is 4.01. The topological polar surface area (TPSA) is 117 Å². The second-order valence-electron chi connectivity index (χ2n) is 5.91. The zero-order valence-electron chi connectivity index (χ0n) is 13.6. The van der Waals surface area contributed by atoms with Gasteiger partial charge in [0, 0.05) is 17.6 Å². The van der Waals surface area contributed by atoms with Gasteiger partial charge >= 0.3 is 6.03 Å². The van der Waals surface area contributed by atoms with Crippen molar-refractivity contribution in [2.24, 2.45) is 5.92 Å². The van der Waals surface area contributed by atoms with E-state index in [9.17, 15) is 18.0 Å². The van der Waals surface area contributed by atoms with E-state index in [0.29, 0.717) is 18.0 Å². The molecule has 134 valence electrons. The Balaban J connectivity index is 1.95. The second-order valence-corrected chi connectivity index (χ2v) is 9.03. The number of urea groups is 1. The van der Waals surface area contributed by atoms with Crippen molar-refractivity contribution in [1.29, 1.82) is 0 Å². The number of aromatic nitrogens is 1. The van der Waals surface area contributed by atoms with E-state index in [1.807, 2.05) is 13.8 Å². The number of rotatable bonds is 6. The van der Waals surface area contributed by atoms with Crippen LogP contribution < -0.4 is 16.0 Å². The van der Waals surface area contributed by atoms with Gasteiger partial charge in [-0.25, -0.2) is 18.2 Å². The summed E-state index contributed by atoms with van der Waals surface area (Å²) < 4.78 is 22.9. The zero-order valence-corrected chi connectivity index (χ0v) is 15.2. The van der Waals surface area contributed by atoms with Gasteiger partial charge in [-0.05, 0) is 12.3 Å². The summed E-state index contributed by atoms with van der Waals surface area (Å²) in [6, 6.07) is -1.66. The first-order chi connectivity index (χ1) is 11.3. The highest BCUT2D eigenvalue weighted by Gasteiger charge is 2.31. The number of anilines is 1. The second kappa shape index (κ2) is 7.93. The number of sulfone groups is 1. The molecule has 1 aromatic heterocycles. The van der Waals surface area contributed by atoms with Crippen LogP contribution in [0.1, 0.15) is 26.7 Å². The molecule has 1 saturated heterocycles. The van der Waals surface area contributed by atoms with E-state index in [0.717, 1.165) is 0 Å². The van der Waals surface area contributed by atoms with Crippen LogP contribution in [-0.2, 0) is 14.6 Å². The summed E-state index contributed by atoms with van der Waals surface area (Å²) in [5.74, 6) is -0.395. The summed E-state index contributed by atoms with van der Waals surface area (Å²) in [6.45, 7) is 3.80. The van der Waals surface area contributed by atoms with E-state index in [4.69, 9.17) is 0 Å². The zero-order chi connectivity index (χ0) is 17.7. The fourth-order valence-electron chi connectivity index (χ4n) is 2.45. The lowest BCUT2D eigenvalue weighted by atomic mass is 9.98. The maximum atomic E-state index is 12.4. The molecule has 1 aliphatic rings. The van der Waals surface area contributed by atoms with E-state index in [1.165, 1.54) is 11.3 Å². The predicted octanol–water partition coefficient (Wildman–Crippen LogP) is 0.983. The molecule has 0 bridgehead atoms. The van der Waals surface area contributed by atoms with Crippen LogP contribution in [0.2, 0.25) is 0 Å². The van der Waals surface area contributed by atoms with Gasteiger partial charge < -0.3 is 16.0 Å². The Morgan fingerprint density at radius 1 is 1.46 bits per heavy atom. The summed E-state index contributed by atoms with van der Waals surface area (Å²) >= 11 is 1.29. The number of hydrogen-bond acceptors (Lipinski definition) is 6. The lowest BCUT2D eigenvalue weighted by molar-refractivity contribution is -0.119. The fraction of sp³-hybridized carbons (Fsp3) is 0.643. The van der Waals surface area contributed by atoms with Crippen LogP contribution >= 0.6 is 11.3 Å². The molecule has 1 fully saturated rings. The first-order valence-electron chi connectivity index (χ1n) is 7.78. The van der Waals surface area contributed by atoms with Crippen LogP contribution in [0.25, 0.3) is 0 Å². The number of carbonyl (C=O) groups excluding carboxylic acids is 2. The Morgan fingerprint density at radius 2 is 2.21 bits per heavy atom. The number of carbonyl (C=O) groups is 2. The first-order valence-corrected chi connectivity index (χ1v) is 10.5. The van der Waals surface area contributed by atoms with Crippen LogP contribution in [-0.4, -0.2) is 48.9 Å². The molecule has 1 aromatic rings. The monoisotopic (exact) mass is 374 g/mol. The Bertz CT molecular complexity index is 675. The molecule has 3 atom stereocenters. The SMILES string of the molecule is CC[C@@H](C)[C@H](NC(=O)N[C@@H]1CCS(=O)(=O)C1)C(=O)Nc1nccs1. The van der Waals surface area contributed by atoms with E-state index in [2.05, 4.69) is 20.9 Å². The van der Waals surface area contributed by atoms with Crippen LogP contribution in [0.15, 0.2) is 11.6 Å². The third kappa shape index (κ3) is 5.17. The van der Waals surface area contributed by atoms with Gasteiger partial charge in [0.25, 0.3) is 0 Å². The van der Waals surface area contributed by atoms with E-state index in [-0.39, 0.29) is 23.3 Å². The van der Waals surface area contributed by atoms with Crippen molar-refractivity contribution in [3.8, 4) is 0 Å². The molecule has 1 aliphatic heterocycles. The van der Waals surface area contributed by atoms with Crippen molar-refractivity contribution in [3.05, 3.63) is 11.6 Å². The molecule has 0 aromatic carbocycles. The highest BCUT2D eigenvalue weighted by molar-refractivity contribution is 7.91. The fourth-order valence-corrected chi connectivity index (χ4v) is 4.65. The number of thiazole rings is 1. The molecule has 24 heavy (non-hydrogen) atoms. The largest absolute Gasteiger partial charge is 0.334 e. The summed E-state index contributed by atoms with van der Waals surface area (Å²) in [6.07, 6.45) is 2.68. The Hall–Kier alpha value is -1.68. The van der Waals surface area contributed by atoms with Crippen LogP contribution in [0.5, 0.6) is 0 Å². The summed E-state index contributed by atoms with van der Waals surface area (Å²) in [7, 11) is -3.07. The smallest absolute Gasteiger partial charge is 0.315 e. The van der Waals surface area contributed by atoms with Gasteiger partial charge in [-0.3, -0.25) is 4.79 Å². The van der Waals surface area contributed by atoms with E-state index in [1.54, 1.807) is 11.6 Å². The molecular weight excluding hydrogens is 352 g/mol. The lowest BCUT2D eigenvalue weighted by Gasteiger charge is -2.24. The summed E-state index contributed by atoms with van der Waals surface area (Å²) in [4.78, 5) is 28.5. The van der Waals surface area contributed by atoms with Gasteiger partial charge in [0.1, 0.15) is 6.04 Å². The summed E-state index contributed by atoms with van der Waals surface area (Å²) in [5, 5.41) is 10.2. The number of nitrogens with one attached hydrogen (secondary N) is 3. The molecular formula is C14H22N4O4S2. The van der Waals surface area contributed by atoms with Gasteiger partial charge in [0.05, 0.1) is 11.5 Å². The quantitative estimate of drug-likeness (QED) is 0.686. The lowest BCUT2D eigenvalue weighted by Crippen LogP contribution is -2.53. The number of nitrogens with zero attached hydrogens (tertiary/aromatic N) is 1. The minimum absolute atomic E-state index is 0.0558. The van der Waals surface area contributed by atoms with Crippen molar-refractivity contribution in [2.75, 3.05) is 16.8 Å². The molecule has 0 saturated carbocycles. The first kappa shape index (κ1) is 18.7. The Labute approximate surface area is 145 Å². The van der Waals surface area contributed by atoms with Crippen LogP contribution in [0, 0.1) is 5.92 Å². The average molecular weight is 374 g/mol. The number of hydrogen-bond donors (Lipinski definition) is 3. The molecule has 8 nitrogen and oxygen atoms in total.